The SMILES string of the molecule is CCCNC(C#N)CCOC1CCCCCC1. The van der Waals surface area contributed by atoms with Gasteiger partial charge in [-0.3, -0.25) is 0 Å². The predicted molar refractivity (Wildman–Crippen MR) is 69.8 cm³/mol. The van der Waals surface area contributed by atoms with Gasteiger partial charge in [-0.1, -0.05) is 32.6 Å². The molecule has 0 aromatic rings. The first-order valence-electron chi connectivity index (χ1n) is 7.11. The van der Waals surface area contributed by atoms with Crippen LogP contribution in [0.1, 0.15) is 58.3 Å². The van der Waals surface area contributed by atoms with Crippen LogP contribution < -0.4 is 5.32 Å². The largest absolute Gasteiger partial charge is 0.378 e. The van der Waals surface area contributed by atoms with E-state index in [1.54, 1.807) is 0 Å². The van der Waals surface area contributed by atoms with E-state index in [0.717, 1.165) is 26.0 Å². The molecule has 1 saturated carbocycles. The monoisotopic (exact) mass is 238 g/mol. The van der Waals surface area contributed by atoms with Crippen molar-refractivity contribution in [2.75, 3.05) is 13.2 Å². The lowest BCUT2D eigenvalue weighted by Crippen LogP contribution is -2.30. The predicted octanol–water partition coefficient (Wildman–Crippen LogP) is 3.01. The summed E-state index contributed by atoms with van der Waals surface area (Å²) in [6, 6.07) is 2.25. The average molecular weight is 238 g/mol. The van der Waals surface area contributed by atoms with E-state index in [1.807, 2.05) is 0 Å². The van der Waals surface area contributed by atoms with E-state index >= 15 is 0 Å². The second-order valence-electron chi connectivity index (χ2n) is 4.91. The number of nitriles is 1. The summed E-state index contributed by atoms with van der Waals surface area (Å²) >= 11 is 0. The summed E-state index contributed by atoms with van der Waals surface area (Å²) in [4.78, 5) is 0. The fourth-order valence-corrected chi connectivity index (χ4v) is 2.29. The van der Waals surface area contributed by atoms with Gasteiger partial charge in [-0.05, 0) is 32.2 Å². The van der Waals surface area contributed by atoms with Crippen LogP contribution in [0.3, 0.4) is 0 Å². The minimum atomic E-state index is -0.0410. The lowest BCUT2D eigenvalue weighted by molar-refractivity contribution is 0.0397. The zero-order valence-corrected chi connectivity index (χ0v) is 11.1. The third kappa shape index (κ3) is 6.65. The van der Waals surface area contributed by atoms with Gasteiger partial charge in [0.1, 0.15) is 0 Å². The molecule has 17 heavy (non-hydrogen) atoms. The van der Waals surface area contributed by atoms with Gasteiger partial charge in [-0.15, -0.1) is 0 Å². The van der Waals surface area contributed by atoms with Gasteiger partial charge >= 0.3 is 0 Å². The summed E-state index contributed by atoms with van der Waals surface area (Å²) in [6.45, 7) is 3.75. The normalized spacial score (nSPS) is 19.5. The third-order valence-electron chi connectivity index (χ3n) is 3.36. The zero-order valence-electron chi connectivity index (χ0n) is 11.1. The highest BCUT2D eigenvalue weighted by atomic mass is 16.5. The van der Waals surface area contributed by atoms with Crippen LogP contribution in [0.25, 0.3) is 0 Å². The van der Waals surface area contributed by atoms with Crippen molar-refractivity contribution in [1.82, 2.24) is 5.32 Å². The molecule has 0 heterocycles. The standard InChI is InChI=1S/C14H26N2O/c1-2-10-16-13(12-15)9-11-17-14-7-5-3-4-6-8-14/h13-14,16H,2-11H2,1H3. The Kier molecular flexibility index (Phi) is 8.04. The van der Waals surface area contributed by atoms with Crippen molar-refractivity contribution in [3.63, 3.8) is 0 Å². The first-order valence-corrected chi connectivity index (χ1v) is 7.11. The van der Waals surface area contributed by atoms with Crippen molar-refractivity contribution >= 4 is 0 Å². The zero-order chi connectivity index (χ0) is 12.3. The lowest BCUT2D eigenvalue weighted by Gasteiger charge is -2.17. The second kappa shape index (κ2) is 9.44. The summed E-state index contributed by atoms with van der Waals surface area (Å²) in [7, 11) is 0. The molecule has 0 saturated heterocycles. The van der Waals surface area contributed by atoms with Crippen LogP contribution in [0, 0.1) is 11.3 Å². The highest BCUT2D eigenvalue weighted by Crippen LogP contribution is 2.19. The minimum absolute atomic E-state index is 0.0410. The van der Waals surface area contributed by atoms with E-state index in [0.29, 0.717) is 6.10 Å². The molecule has 1 fully saturated rings. The number of nitrogens with zero attached hydrogens (tertiary/aromatic N) is 1. The van der Waals surface area contributed by atoms with Crippen molar-refractivity contribution in [2.24, 2.45) is 0 Å². The molecule has 1 unspecified atom stereocenters. The van der Waals surface area contributed by atoms with Crippen molar-refractivity contribution in [3.05, 3.63) is 0 Å². The molecule has 0 radical (unpaired) electrons. The molecule has 0 bridgehead atoms. The molecule has 1 rings (SSSR count). The van der Waals surface area contributed by atoms with Gasteiger partial charge < -0.3 is 10.1 Å². The fraction of sp³-hybridized carbons (Fsp3) is 0.929. The molecule has 3 nitrogen and oxygen atoms in total. The van der Waals surface area contributed by atoms with E-state index < -0.39 is 0 Å². The van der Waals surface area contributed by atoms with Crippen LogP contribution in [-0.2, 0) is 4.74 Å². The molecule has 98 valence electrons. The lowest BCUT2D eigenvalue weighted by atomic mass is 10.1. The maximum Gasteiger partial charge on any atom is 0.0975 e. The summed E-state index contributed by atoms with van der Waals surface area (Å²) in [5.74, 6) is 0. The third-order valence-corrected chi connectivity index (χ3v) is 3.36. The molecule has 0 aromatic heterocycles. The maximum absolute atomic E-state index is 8.97. The smallest absolute Gasteiger partial charge is 0.0975 e. The van der Waals surface area contributed by atoms with Crippen molar-refractivity contribution in [3.8, 4) is 6.07 Å². The number of hydrogen-bond acceptors (Lipinski definition) is 3. The highest BCUT2D eigenvalue weighted by molar-refractivity contribution is 4.89. The molecular weight excluding hydrogens is 212 g/mol. The second-order valence-corrected chi connectivity index (χ2v) is 4.91. The van der Waals surface area contributed by atoms with E-state index in [-0.39, 0.29) is 6.04 Å². The van der Waals surface area contributed by atoms with Gasteiger partial charge in [-0.25, -0.2) is 0 Å². The first kappa shape index (κ1) is 14.5. The summed E-state index contributed by atoms with van der Waals surface area (Å²) in [5, 5.41) is 12.2. The van der Waals surface area contributed by atoms with E-state index in [2.05, 4.69) is 18.3 Å². The van der Waals surface area contributed by atoms with Gasteiger partial charge in [0.05, 0.1) is 18.2 Å². The van der Waals surface area contributed by atoms with Gasteiger partial charge in [0.25, 0.3) is 0 Å². The summed E-state index contributed by atoms with van der Waals surface area (Å²) < 4.78 is 5.88. The maximum atomic E-state index is 8.97. The quantitative estimate of drug-likeness (QED) is 0.693. The summed E-state index contributed by atoms with van der Waals surface area (Å²) in [5.41, 5.74) is 0. The Morgan fingerprint density at radius 2 is 2.00 bits per heavy atom. The van der Waals surface area contributed by atoms with Crippen molar-refractivity contribution < 1.29 is 4.74 Å². The molecule has 0 amide bonds. The van der Waals surface area contributed by atoms with E-state index in [9.17, 15) is 0 Å². The molecule has 1 N–H and O–H groups in total. The van der Waals surface area contributed by atoms with Crippen LogP contribution in [-0.4, -0.2) is 25.3 Å². The first-order chi connectivity index (χ1) is 8.36. The Morgan fingerprint density at radius 1 is 1.29 bits per heavy atom. The average Bonchev–Trinajstić information content (AvgIpc) is 2.62. The molecular formula is C14H26N2O. The molecule has 3 heteroatoms. The van der Waals surface area contributed by atoms with Crippen LogP contribution in [0.5, 0.6) is 0 Å². The fourth-order valence-electron chi connectivity index (χ4n) is 2.29. The van der Waals surface area contributed by atoms with Gasteiger partial charge in [0.15, 0.2) is 0 Å². The Bertz CT molecular complexity index is 217. The topological polar surface area (TPSA) is 45.0 Å². The van der Waals surface area contributed by atoms with Crippen LogP contribution in [0.2, 0.25) is 0 Å². The van der Waals surface area contributed by atoms with Crippen molar-refractivity contribution in [2.45, 2.75) is 70.4 Å². The van der Waals surface area contributed by atoms with Crippen LogP contribution >= 0.6 is 0 Å². The Hall–Kier alpha value is -0.590. The van der Waals surface area contributed by atoms with Crippen molar-refractivity contribution in [1.29, 1.82) is 5.26 Å². The van der Waals surface area contributed by atoms with Crippen LogP contribution in [0.15, 0.2) is 0 Å². The number of rotatable bonds is 7. The van der Waals surface area contributed by atoms with Gasteiger partial charge in [0, 0.05) is 6.61 Å². The van der Waals surface area contributed by atoms with E-state index in [4.69, 9.17) is 10.00 Å². The number of nitrogens with one attached hydrogen (secondary N) is 1. The Balaban J connectivity index is 2.10. The minimum Gasteiger partial charge on any atom is -0.378 e. The highest BCUT2D eigenvalue weighted by Gasteiger charge is 2.13. The molecule has 0 spiro atoms. The molecule has 1 aliphatic rings. The van der Waals surface area contributed by atoms with Crippen LogP contribution in [0.4, 0.5) is 0 Å². The number of hydrogen-bond donors (Lipinski definition) is 1. The van der Waals surface area contributed by atoms with Gasteiger partial charge in [-0.2, -0.15) is 5.26 Å². The Labute approximate surface area is 106 Å². The summed E-state index contributed by atoms with van der Waals surface area (Å²) in [6.07, 6.45) is 10.1. The number of ether oxygens (including phenoxy) is 1. The molecule has 0 aromatic carbocycles. The molecule has 0 aliphatic heterocycles. The Morgan fingerprint density at radius 3 is 2.59 bits per heavy atom. The molecule has 1 atom stereocenters. The van der Waals surface area contributed by atoms with E-state index in [1.165, 1.54) is 38.5 Å². The molecule has 1 aliphatic carbocycles. The van der Waals surface area contributed by atoms with Gasteiger partial charge in [0.2, 0.25) is 0 Å².